The van der Waals surface area contributed by atoms with Gasteiger partial charge < -0.3 is 20.9 Å². The summed E-state index contributed by atoms with van der Waals surface area (Å²) in [5.74, 6) is -0.454. The second-order valence-electron chi connectivity index (χ2n) is 5.99. The number of thiophene rings is 1. The van der Waals surface area contributed by atoms with Crippen LogP contribution >= 0.6 is 11.3 Å². The lowest BCUT2D eigenvalue weighted by Crippen LogP contribution is -2.52. The van der Waals surface area contributed by atoms with Crippen molar-refractivity contribution >= 4 is 33.2 Å². The quantitative estimate of drug-likeness (QED) is 0.746. The molecule has 0 bridgehead atoms. The van der Waals surface area contributed by atoms with Gasteiger partial charge in [0.1, 0.15) is 5.41 Å². The first-order chi connectivity index (χ1) is 11.3. The van der Waals surface area contributed by atoms with Crippen molar-refractivity contribution in [3.63, 3.8) is 0 Å². The molecule has 0 unspecified atom stereocenters. The van der Waals surface area contributed by atoms with Crippen molar-refractivity contribution in [2.75, 3.05) is 14.2 Å². The number of ether oxygens (including phenoxy) is 2. The smallest absolute Gasteiger partial charge is 0.233 e. The molecule has 0 fully saturated rings. The summed E-state index contributed by atoms with van der Waals surface area (Å²) in [5.41, 5.74) is 9.66. The summed E-state index contributed by atoms with van der Waals surface area (Å²) >= 11 is 1.47. The maximum Gasteiger partial charge on any atom is 0.233 e. The number of carbonyl (C=O) groups excluding carboxylic acids is 2. The van der Waals surface area contributed by atoms with Crippen molar-refractivity contribution < 1.29 is 19.1 Å². The van der Waals surface area contributed by atoms with E-state index in [-0.39, 0.29) is 12.3 Å². The Morgan fingerprint density at radius 1 is 1.08 bits per heavy atom. The number of fused-ring (bicyclic) bond motifs is 1. The molecule has 130 valence electrons. The monoisotopic (exact) mass is 350 g/mol. The third-order valence-electron chi connectivity index (χ3n) is 4.39. The van der Waals surface area contributed by atoms with E-state index in [4.69, 9.17) is 20.9 Å². The molecule has 0 saturated carbocycles. The molecule has 0 atom stereocenters. The molecule has 1 heterocycles. The van der Waals surface area contributed by atoms with Crippen LogP contribution < -0.4 is 20.9 Å². The van der Waals surface area contributed by atoms with Crippen molar-refractivity contribution in [1.82, 2.24) is 0 Å². The molecule has 2 rings (SSSR count). The maximum absolute atomic E-state index is 12.0. The van der Waals surface area contributed by atoms with Gasteiger partial charge in [0.15, 0.2) is 11.5 Å². The van der Waals surface area contributed by atoms with Gasteiger partial charge in [-0.2, -0.15) is 0 Å². The van der Waals surface area contributed by atoms with E-state index in [1.54, 1.807) is 28.1 Å². The third kappa shape index (κ3) is 2.91. The zero-order valence-electron chi connectivity index (χ0n) is 14.2. The van der Waals surface area contributed by atoms with Gasteiger partial charge in [-0.1, -0.05) is 13.8 Å². The third-order valence-corrected chi connectivity index (χ3v) is 5.49. The average molecular weight is 350 g/mol. The molecule has 0 aliphatic rings. The number of methoxy groups -OCH3 is 2. The van der Waals surface area contributed by atoms with Gasteiger partial charge in [-0.3, -0.25) is 9.59 Å². The maximum atomic E-state index is 12.0. The fraction of sp³-hybridized carbons (Fsp3) is 0.412. The van der Waals surface area contributed by atoms with Crippen molar-refractivity contribution in [2.24, 2.45) is 22.8 Å². The molecule has 0 saturated heterocycles. The summed E-state index contributed by atoms with van der Waals surface area (Å²) in [4.78, 5) is 24.9. The van der Waals surface area contributed by atoms with Gasteiger partial charge in [-0.15, -0.1) is 11.3 Å². The van der Waals surface area contributed by atoms with Gasteiger partial charge in [0.2, 0.25) is 11.8 Å². The molecule has 0 spiro atoms. The minimum absolute atomic E-state index is 0.180. The molecule has 1 aromatic carbocycles. The lowest BCUT2D eigenvalue weighted by Gasteiger charge is -2.30. The Labute approximate surface area is 144 Å². The lowest BCUT2D eigenvalue weighted by atomic mass is 9.72. The van der Waals surface area contributed by atoms with Crippen LogP contribution in [0.15, 0.2) is 18.2 Å². The molecular formula is C17H22N2O4S. The van der Waals surface area contributed by atoms with E-state index in [9.17, 15) is 9.59 Å². The summed E-state index contributed by atoms with van der Waals surface area (Å²) < 4.78 is 11.6. The van der Waals surface area contributed by atoms with E-state index in [0.29, 0.717) is 11.5 Å². The number of rotatable bonds is 7. The zero-order chi connectivity index (χ0) is 18.1. The van der Waals surface area contributed by atoms with Crippen molar-refractivity contribution in [3.8, 4) is 11.5 Å². The Morgan fingerprint density at radius 3 is 2.08 bits per heavy atom. The van der Waals surface area contributed by atoms with E-state index >= 15 is 0 Å². The molecule has 0 aliphatic carbocycles. The molecule has 4 N–H and O–H groups in total. The second kappa shape index (κ2) is 6.68. The number of primary amides is 2. The summed E-state index contributed by atoms with van der Waals surface area (Å²) in [6.07, 6.45) is 0.180. The Hall–Kier alpha value is -2.28. The standard InChI is InChI=1S/C17H22N2O4S/c1-9(2)17(15(18)20,16(19)21)8-11-5-10-6-12(22-3)13(23-4)7-14(10)24-11/h5-7,9H,8H2,1-4H3,(H2,18,20)(H2,19,21). The highest BCUT2D eigenvalue weighted by molar-refractivity contribution is 7.19. The number of benzene rings is 1. The van der Waals surface area contributed by atoms with Crippen LogP contribution in [0.2, 0.25) is 0 Å². The highest BCUT2D eigenvalue weighted by Gasteiger charge is 2.46. The zero-order valence-corrected chi connectivity index (χ0v) is 15.0. The van der Waals surface area contributed by atoms with Crippen molar-refractivity contribution in [1.29, 1.82) is 0 Å². The van der Waals surface area contributed by atoms with E-state index in [1.165, 1.54) is 11.3 Å². The number of amides is 2. The molecule has 2 amide bonds. The highest BCUT2D eigenvalue weighted by Crippen LogP contribution is 2.39. The fourth-order valence-electron chi connectivity index (χ4n) is 2.85. The van der Waals surface area contributed by atoms with Crippen molar-refractivity contribution in [3.05, 3.63) is 23.1 Å². The van der Waals surface area contributed by atoms with E-state index in [2.05, 4.69) is 0 Å². The lowest BCUT2D eigenvalue weighted by molar-refractivity contribution is -0.142. The minimum Gasteiger partial charge on any atom is -0.493 e. The summed E-state index contributed by atoms with van der Waals surface area (Å²) in [6, 6.07) is 5.65. The fourth-order valence-corrected chi connectivity index (χ4v) is 4.02. The van der Waals surface area contributed by atoms with Gasteiger partial charge in [-0.25, -0.2) is 0 Å². The van der Waals surface area contributed by atoms with Gasteiger partial charge in [0.25, 0.3) is 0 Å². The SMILES string of the molecule is COc1cc2cc(CC(C(N)=O)(C(N)=O)C(C)C)sc2cc1OC. The number of hydrogen-bond donors (Lipinski definition) is 2. The van der Waals surface area contributed by atoms with Crippen LogP contribution in [0.3, 0.4) is 0 Å². The number of nitrogens with two attached hydrogens (primary N) is 2. The van der Waals surface area contributed by atoms with Crippen LogP contribution in [0.4, 0.5) is 0 Å². The van der Waals surface area contributed by atoms with Crippen LogP contribution in [-0.4, -0.2) is 26.0 Å². The first-order valence-electron chi connectivity index (χ1n) is 7.50. The summed E-state index contributed by atoms with van der Waals surface area (Å²) in [6.45, 7) is 3.55. The van der Waals surface area contributed by atoms with Crippen LogP contribution in [0.1, 0.15) is 18.7 Å². The Morgan fingerprint density at radius 2 is 1.62 bits per heavy atom. The largest absolute Gasteiger partial charge is 0.493 e. The first kappa shape index (κ1) is 18.1. The molecule has 24 heavy (non-hydrogen) atoms. The van der Waals surface area contributed by atoms with Crippen LogP contribution in [0, 0.1) is 11.3 Å². The highest BCUT2D eigenvalue weighted by atomic mass is 32.1. The van der Waals surface area contributed by atoms with E-state index in [0.717, 1.165) is 15.0 Å². The van der Waals surface area contributed by atoms with Crippen LogP contribution in [0.5, 0.6) is 11.5 Å². The van der Waals surface area contributed by atoms with Gasteiger partial charge >= 0.3 is 0 Å². The normalized spacial score (nSPS) is 11.7. The van der Waals surface area contributed by atoms with E-state index in [1.807, 2.05) is 18.2 Å². The average Bonchev–Trinajstić information content (AvgIpc) is 2.91. The predicted molar refractivity (Wildman–Crippen MR) is 94.3 cm³/mol. The molecule has 7 heteroatoms. The van der Waals surface area contributed by atoms with Gasteiger partial charge in [0.05, 0.1) is 14.2 Å². The topological polar surface area (TPSA) is 105 Å². The minimum atomic E-state index is -1.41. The molecular weight excluding hydrogens is 328 g/mol. The van der Waals surface area contributed by atoms with Gasteiger partial charge in [-0.05, 0) is 23.4 Å². The molecule has 0 aliphatic heterocycles. The van der Waals surface area contributed by atoms with Gasteiger partial charge in [0, 0.05) is 22.1 Å². The molecule has 6 nitrogen and oxygen atoms in total. The van der Waals surface area contributed by atoms with Crippen molar-refractivity contribution in [2.45, 2.75) is 20.3 Å². The molecule has 1 aromatic heterocycles. The number of hydrogen-bond acceptors (Lipinski definition) is 5. The first-order valence-corrected chi connectivity index (χ1v) is 8.32. The van der Waals surface area contributed by atoms with Crippen LogP contribution in [0.25, 0.3) is 10.1 Å². The Kier molecular flexibility index (Phi) is 5.03. The van der Waals surface area contributed by atoms with Crippen LogP contribution in [-0.2, 0) is 16.0 Å². The summed E-state index contributed by atoms with van der Waals surface area (Å²) in [7, 11) is 3.14. The number of carbonyl (C=O) groups is 2. The molecule has 0 radical (unpaired) electrons. The van der Waals surface area contributed by atoms with E-state index < -0.39 is 17.2 Å². The summed E-state index contributed by atoms with van der Waals surface area (Å²) in [5, 5.41) is 0.944. The Bertz CT molecular complexity index is 727. The Balaban J connectivity index is 2.52. The second-order valence-corrected chi connectivity index (χ2v) is 7.16. The molecule has 2 aromatic rings. The predicted octanol–water partition coefficient (Wildman–Crippen LogP) is 2.07.